The second kappa shape index (κ2) is 6.51. The Kier molecular flexibility index (Phi) is 4.73. The third kappa shape index (κ3) is 3.36. The number of benzene rings is 1. The van der Waals surface area contributed by atoms with E-state index in [0.717, 1.165) is 25.5 Å². The fraction of sp³-hybridized carbons (Fsp3) is 0.538. The fourth-order valence-electron chi connectivity index (χ4n) is 2.37. The molecule has 1 aromatic carbocycles. The zero-order valence-electron chi connectivity index (χ0n) is 11.3. The normalized spacial score (nSPS) is 18.0. The maximum atomic E-state index is 13.8. The molecule has 1 saturated heterocycles. The highest BCUT2D eigenvalue weighted by Gasteiger charge is 2.19. The van der Waals surface area contributed by atoms with Gasteiger partial charge in [0.25, 0.3) is 0 Å². The number of nitro groups is 1. The van der Waals surface area contributed by atoms with E-state index in [4.69, 9.17) is 4.74 Å². The lowest BCUT2D eigenvalue weighted by Crippen LogP contribution is -2.24. The number of hydrogen-bond acceptors (Lipinski definition) is 5. The van der Waals surface area contributed by atoms with Gasteiger partial charge < -0.3 is 15.4 Å². The van der Waals surface area contributed by atoms with Gasteiger partial charge in [-0.25, -0.2) is 4.39 Å². The van der Waals surface area contributed by atoms with E-state index in [2.05, 4.69) is 10.6 Å². The maximum Gasteiger partial charge on any atom is 0.313 e. The first-order chi connectivity index (χ1) is 9.61. The molecule has 1 fully saturated rings. The molecule has 2 rings (SSSR count). The van der Waals surface area contributed by atoms with Crippen molar-refractivity contribution in [1.29, 1.82) is 0 Å². The van der Waals surface area contributed by atoms with Gasteiger partial charge in [0.05, 0.1) is 23.8 Å². The lowest BCUT2D eigenvalue weighted by atomic mass is 10.1. The van der Waals surface area contributed by atoms with Crippen molar-refractivity contribution >= 4 is 11.4 Å². The Balaban J connectivity index is 2.01. The van der Waals surface area contributed by atoms with Crippen LogP contribution >= 0.6 is 0 Å². The van der Waals surface area contributed by atoms with Crippen LogP contribution < -0.4 is 15.4 Å². The van der Waals surface area contributed by atoms with Gasteiger partial charge >= 0.3 is 5.69 Å². The van der Waals surface area contributed by atoms with Gasteiger partial charge in [0.2, 0.25) is 0 Å². The van der Waals surface area contributed by atoms with Crippen LogP contribution in [-0.2, 0) is 0 Å². The quantitative estimate of drug-likeness (QED) is 0.619. The average Bonchev–Trinajstić information content (AvgIpc) is 2.93. The van der Waals surface area contributed by atoms with Crippen molar-refractivity contribution in [1.82, 2.24) is 5.32 Å². The molecule has 0 aromatic heterocycles. The predicted octanol–water partition coefficient (Wildman–Crippen LogP) is 2.30. The predicted molar refractivity (Wildman–Crippen MR) is 73.7 cm³/mol. The van der Waals surface area contributed by atoms with Crippen LogP contribution in [0.4, 0.5) is 15.8 Å². The van der Waals surface area contributed by atoms with Crippen LogP contribution in [0.3, 0.4) is 0 Å². The Morgan fingerprint density at radius 3 is 3.00 bits per heavy atom. The molecule has 1 heterocycles. The van der Waals surface area contributed by atoms with E-state index in [1.807, 2.05) is 0 Å². The molecule has 6 nitrogen and oxygen atoms in total. The van der Waals surface area contributed by atoms with Crippen molar-refractivity contribution in [2.24, 2.45) is 0 Å². The van der Waals surface area contributed by atoms with Crippen LogP contribution in [0.15, 0.2) is 12.1 Å². The van der Waals surface area contributed by atoms with Crippen LogP contribution in [0.5, 0.6) is 5.75 Å². The third-order valence-electron chi connectivity index (χ3n) is 3.44. The van der Waals surface area contributed by atoms with Gasteiger partial charge in [-0.3, -0.25) is 10.1 Å². The molecule has 1 aromatic rings. The average molecular weight is 283 g/mol. The van der Waals surface area contributed by atoms with Crippen LogP contribution in [0, 0.1) is 15.9 Å². The van der Waals surface area contributed by atoms with E-state index in [0.29, 0.717) is 12.6 Å². The summed E-state index contributed by atoms with van der Waals surface area (Å²) in [6.07, 6.45) is 3.19. The summed E-state index contributed by atoms with van der Waals surface area (Å²) in [5.41, 5.74) is -0.140. The van der Waals surface area contributed by atoms with Crippen LogP contribution in [0.1, 0.15) is 19.3 Å². The molecule has 1 atom stereocenters. The molecule has 1 aliphatic rings. The summed E-state index contributed by atoms with van der Waals surface area (Å²) in [5, 5.41) is 17.1. The second-order valence-electron chi connectivity index (χ2n) is 4.77. The third-order valence-corrected chi connectivity index (χ3v) is 3.44. The zero-order chi connectivity index (χ0) is 14.5. The molecular weight excluding hydrogens is 265 g/mol. The van der Waals surface area contributed by atoms with Gasteiger partial charge in [0.1, 0.15) is 0 Å². The fourth-order valence-corrected chi connectivity index (χ4v) is 2.37. The number of methoxy groups -OCH3 is 1. The Bertz CT molecular complexity index is 490. The zero-order valence-corrected chi connectivity index (χ0v) is 11.3. The number of nitrogens with zero attached hydrogens (tertiary/aromatic N) is 1. The molecule has 0 unspecified atom stereocenters. The van der Waals surface area contributed by atoms with Gasteiger partial charge in [0, 0.05) is 18.7 Å². The summed E-state index contributed by atoms with van der Waals surface area (Å²) in [4.78, 5) is 10.1. The van der Waals surface area contributed by atoms with Gasteiger partial charge in [-0.2, -0.15) is 0 Å². The molecule has 0 spiro atoms. The summed E-state index contributed by atoms with van der Waals surface area (Å²) in [6.45, 7) is 1.64. The Morgan fingerprint density at radius 1 is 1.60 bits per heavy atom. The molecular formula is C13H18FN3O3. The van der Waals surface area contributed by atoms with E-state index < -0.39 is 10.7 Å². The molecule has 2 N–H and O–H groups in total. The van der Waals surface area contributed by atoms with Crippen molar-refractivity contribution in [2.45, 2.75) is 25.3 Å². The smallest absolute Gasteiger partial charge is 0.313 e. The van der Waals surface area contributed by atoms with Gasteiger partial charge in [0.15, 0.2) is 11.6 Å². The van der Waals surface area contributed by atoms with E-state index in [1.54, 1.807) is 0 Å². The lowest BCUT2D eigenvalue weighted by Gasteiger charge is -2.13. The first-order valence-corrected chi connectivity index (χ1v) is 6.61. The van der Waals surface area contributed by atoms with Crippen molar-refractivity contribution in [3.05, 3.63) is 28.1 Å². The highest BCUT2D eigenvalue weighted by molar-refractivity contribution is 5.59. The van der Waals surface area contributed by atoms with E-state index in [9.17, 15) is 14.5 Å². The van der Waals surface area contributed by atoms with Crippen LogP contribution in [-0.4, -0.2) is 31.2 Å². The van der Waals surface area contributed by atoms with E-state index in [-0.39, 0.29) is 17.1 Å². The minimum Gasteiger partial charge on any atom is -0.490 e. The molecule has 110 valence electrons. The number of rotatable bonds is 6. The summed E-state index contributed by atoms with van der Waals surface area (Å²) in [6, 6.07) is 2.68. The monoisotopic (exact) mass is 283 g/mol. The number of hydrogen-bond donors (Lipinski definition) is 2. The molecule has 1 aliphatic heterocycles. The Morgan fingerprint density at radius 2 is 2.40 bits per heavy atom. The maximum absolute atomic E-state index is 13.8. The summed E-state index contributed by atoms with van der Waals surface area (Å²) in [5.74, 6) is -0.588. The molecule has 0 aliphatic carbocycles. The molecule has 20 heavy (non-hydrogen) atoms. The SMILES string of the molecule is COc1cc(NCC[C@H]2CCCN2)c(F)cc1[N+](=O)[O-]. The van der Waals surface area contributed by atoms with Crippen LogP contribution in [0.2, 0.25) is 0 Å². The van der Waals surface area contributed by atoms with Gasteiger partial charge in [-0.1, -0.05) is 0 Å². The Hall–Kier alpha value is -1.89. The van der Waals surface area contributed by atoms with E-state index >= 15 is 0 Å². The molecule has 7 heteroatoms. The van der Waals surface area contributed by atoms with Crippen molar-refractivity contribution in [2.75, 3.05) is 25.5 Å². The number of anilines is 1. The van der Waals surface area contributed by atoms with Crippen molar-refractivity contribution in [3.63, 3.8) is 0 Å². The summed E-state index contributed by atoms with van der Waals surface area (Å²) >= 11 is 0. The largest absolute Gasteiger partial charge is 0.490 e. The van der Waals surface area contributed by atoms with Crippen molar-refractivity contribution < 1.29 is 14.1 Å². The first-order valence-electron chi connectivity index (χ1n) is 6.61. The molecule has 0 radical (unpaired) electrons. The lowest BCUT2D eigenvalue weighted by molar-refractivity contribution is -0.385. The topological polar surface area (TPSA) is 76.4 Å². The van der Waals surface area contributed by atoms with Gasteiger partial charge in [-0.15, -0.1) is 0 Å². The Labute approximate surface area is 116 Å². The summed E-state index contributed by atoms with van der Waals surface area (Å²) < 4.78 is 18.7. The first kappa shape index (κ1) is 14.5. The van der Waals surface area contributed by atoms with E-state index in [1.165, 1.54) is 19.6 Å². The minimum absolute atomic E-state index is 0.0536. The van der Waals surface area contributed by atoms with Gasteiger partial charge in [-0.05, 0) is 25.8 Å². The minimum atomic E-state index is -0.659. The van der Waals surface area contributed by atoms with Crippen LogP contribution in [0.25, 0.3) is 0 Å². The number of halogens is 1. The number of ether oxygens (including phenoxy) is 1. The number of nitrogens with one attached hydrogen (secondary N) is 2. The standard InChI is InChI=1S/C13H18FN3O3/c1-20-13-8-11(10(14)7-12(13)17(18)19)16-6-4-9-3-2-5-15-9/h7-9,15-16H,2-6H2,1H3/t9-/m1/s1. The highest BCUT2D eigenvalue weighted by atomic mass is 19.1. The number of nitro benzene ring substituents is 1. The van der Waals surface area contributed by atoms with Crippen molar-refractivity contribution in [3.8, 4) is 5.75 Å². The second-order valence-corrected chi connectivity index (χ2v) is 4.77. The molecule has 0 saturated carbocycles. The molecule has 0 amide bonds. The molecule has 0 bridgehead atoms. The summed E-state index contributed by atoms with van der Waals surface area (Å²) in [7, 11) is 1.33. The highest BCUT2D eigenvalue weighted by Crippen LogP contribution is 2.32.